The van der Waals surface area contributed by atoms with E-state index in [4.69, 9.17) is 16.3 Å². The van der Waals surface area contributed by atoms with Crippen LogP contribution in [0.2, 0.25) is 5.02 Å². The van der Waals surface area contributed by atoms with E-state index < -0.39 is 5.97 Å². The monoisotopic (exact) mass is 300 g/mol. The zero-order valence-electron chi connectivity index (χ0n) is 12.0. The molecule has 2 aromatic rings. The van der Waals surface area contributed by atoms with Gasteiger partial charge in [0, 0.05) is 6.08 Å². The Hall–Kier alpha value is -2.06. The Labute approximate surface area is 130 Å². The highest BCUT2D eigenvalue weighted by Crippen LogP contribution is 2.23. The van der Waals surface area contributed by atoms with Crippen LogP contribution in [0, 0.1) is 0 Å². The standard InChI is InChI=1S/C18H17ClO2/c1-13(2)15-10-7-14(8-11-15)9-12-18(20)21-17-6-4-3-5-16(17)19/h3-13H,1-2H3/b12-9+. The fourth-order valence-electron chi connectivity index (χ4n) is 1.83. The lowest BCUT2D eigenvalue weighted by Crippen LogP contribution is -2.03. The molecule has 108 valence electrons. The number of rotatable bonds is 4. The fourth-order valence-corrected chi connectivity index (χ4v) is 2.00. The topological polar surface area (TPSA) is 26.3 Å². The van der Waals surface area contributed by atoms with Gasteiger partial charge in [-0.25, -0.2) is 4.79 Å². The second-order valence-corrected chi connectivity index (χ2v) is 5.41. The van der Waals surface area contributed by atoms with Crippen molar-refractivity contribution in [3.63, 3.8) is 0 Å². The zero-order chi connectivity index (χ0) is 15.2. The van der Waals surface area contributed by atoms with Crippen molar-refractivity contribution in [2.24, 2.45) is 0 Å². The van der Waals surface area contributed by atoms with Gasteiger partial charge in [-0.15, -0.1) is 0 Å². The Morgan fingerprint density at radius 1 is 1.10 bits per heavy atom. The minimum absolute atomic E-state index is 0.365. The van der Waals surface area contributed by atoms with Crippen molar-refractivity contribution in [2.45, 2.75) is 19.8 Å². The zero-order valence-corrected chi connectivity index (χ0v) is 12.8. The van der Waals surface area contributed by atoms with Gasteiger partial charge in [0.15, 0.2) is 0 Å². The normalized spacial score (nSPS) is 11.0. The molecule has 0 heterocycles. The largest absolute Gasteiger partial charge is 0.422 e. The van der Waals surface area contributed by atoms with Gasteiger partial charge in [-0.2, -0.15) is 0 Å². The number of hydrogen-bond donors (Lipinski definition) is 0. The first-order valence-corrected chi connectivity index (χ1v) is 7.18. The van der Waals surface area contributed by atoms with E-state index in [-0.39, 0.29) is 0 Å². The molecule has 2 rings (SSSR count). The third-order valence-corrected chi connectivity index (χ3v) is 3.37. The lowest BCUT2D eigenvalue weighted by Gasteiger charge is -2.05. The first-order valence-electron chi connectivity index (χ1n) is 6.80. The summed E-state index contributed by atoms with van der Waals surface area (Å²) in [5.41, 5.74) is 2.22. The van der Waals surface area contributed by atoms with E-state index >= 15 is 0 Å². The second kappa shape index (κ2) is 7.09. The number of hydrogen-bond acceptors (Lipinski definition) is 2. The van der Waals surface area contributed by atoms with Crippen LogP contribution in [0.3, 0.4) is 0 Å². The maximum Gasteiger partial charge on any atom is 0.336 e. The van der Waals surface area contributed by atoms with E-state index in [2.05, 4.69) is 26.0 Å². The molecular weight excluding hydrogens is 284 g/mol. The molecular formula is C18H17ClO2. The average Bonchev–Trinajstić information content (AvgIpc) is 2.48. The predicted molar refractivity (Wildman–Crippen MR) is 86.7 cm³/mol. The molecule has 3 heteroatoms. The van der Waals surface area contributed by atoms with E-state index in [0.29, 0.717) is 16.7 Å². The molecule has 0 saturated heterocycles. The third kappa shape index (κ3) is 4.47. The van der Waals surface area contributed by atoms with Crippen LogP contribution in [0.4, 0.5) is 0 Å². The second-order valence-electron chi connectivity index (χ2n) is 5.01. The molecule has 0 aromatic heterocycles. The smallest absolute Gasteiger partial charge is 0.336 e. The SMILES string of the molecule is CC(C)c1ccc(/C=C/C(=O)Oc2ccccc2Cl)cc1. The molecule has 0 aliphatic rings. The van der Waals surface area contributed by atoms with E-state index in [1.54, 1.807) is 30.3 Å². The van der Waals surface area contributed by atoms with Crippen LogP contribution >= 0.6 is 11.6 Å². The number of halogens is 1. The summed E-state index contributed by atoms with van der Waals surface area (Å²) in [6.45, 7) is 4.29. The molecule has 0 N–H and O–H groups in total. The van der Waals surface area contributed by atoms with Crippen molar-refractivity contribution in [1.29, 1.82) is 0 Å². The summed E-state index contributed by atoms with van der Waals surface area (Å²) in [5.74, 6) is 0.410. The van der Waals surface area contributed by atoms with Crippen LogP contribution in [0.15, 0.2) is 54.6 Å². The van der Waals surface area contributed by atoms with Gasteiger partial charge in [0.2, 0.25) is 0 Å². The van der Waals surface area contributed by atoms with Gasteiger partial charge in [-0.1, -0.05) is 61.8 Å². The van der Waals surface area contributed by atoms with Crippen LogP contribution in [0.1, 0.15) is 30.9 Å². The van der Waals surface area contributed by atoms with E-state index in [1.807, 2.05) is 12.1 Å². The molecule has 0 bridgehead atoms. The molecule has 0 spiro atoms. The summed E-state index contributed by atoms with van der Waals surface area (Å²) in [6, 6.07) is 15.0. The summed E-state index contributed by atoms with van der Waals surface area (Å²) in [7, 11) is 0. The van der Waals surface area contributed by atoms with Crippen molar-refractivity contribution < 1.29 is 9.53 Å². The molecule has 0 saturated carbocycles. The molecule has 21 heavy (non-hydrogen) atoms. The maximum atomic E-state index is 11.7. The van der Waals surface area contributed by atoms with E-state index in [9.17, 15) is 4.79 Å². The quantitative estimate of drug-likeness (QED) is 0.447. The lowest BCUT2D eigenvalue weighted by atomic mass is 10.0. The van der Waals surface area contributed by atoms with Gasteiger partial charge in [0.05, 0.1) is 5.02 Å². The van der Waals surface area contributed by atoms with Crippen molar-refractivity contribution in [3.05, 3.63) is 70.8 Å². The van der Waals surface area contributed by atoms with Gasteiger partial charge < -0.3 is 4.74 Å². The Balaban J connectivity index is 2.00. The maximum absolute atomic E-state index is 11.7. The first-order chi connectivity index (χ1) is 10.1. The Bertz CT molecular complexity index is 643. The minimum Gasteiger partial charge on any atom is -0.422 e. The summed E-state index contributed by atoms with van der Waals surface area (Å²) < 4.78 is 5.17. The highest BCUT2D eigenvalue weighted by Gasteiger charge is 2.04. The molecule has 0 aliphatic carbocycles. The summed E-state index contributed by atoms with van der Waals surface area (Å²) in [6.07, 6.45) is 3.12. The molecule has 2 nitrogen and oxygen atoms in total. The molecule has 0 unspecified atom stereocenters. The summed E-state index contributed by atoms with van der Waals surface area (Å²) in [5, 5.41) is 0.417. The molecule has 0 atom stereocenters. The highest BCUT2D eigenvalue weighted by molar-refractivity contribution is 6.32. The predicted octanol–water partition coefficient (Wildman–Crippen LogP) is 5.08. The van der Waals surface area contributed by atoms with E-state index in [1.165, 1.54) is 11.6 Å². The van der Waals surface area contributed by atoms with Gasteiger partial charge >= 0.3 is 5.97 Å². The number of carbonyl (C=O) groups is 1. The molecule has 0 amide bonds. The van der Waals surface area contributed by atoms with Crippen molar-refractivity contribution in [1.82, 2.24) is 0 Å². The van der Waals surface area contributed by atoms with Crippen LogP contribution in [-0.4, -0.2) is 5.97 Å². The number of para-hydroxylation sites is 1. The van der Waals surface area contributed by atoms with Crippen molar-refractivity contribution in [3.8, 4) is 5.75 Å². The number of esters is 1. The molecule has 2 aromatic carbocycles. The number of ether oxygens (including phenoxy) is 1. The Morgan fingerprint density at radius 3 is 2.38 bits per heavy atom. The Kier molecular flexibility index (Phi) is 5.18. The van der Waals surface area contributed by atoms with Gasteiger partial charge in [-0.05, 0) is 35.3 Å². The van der Waals surface area contributed by atoms with Gasteiger partial charge in [0.1, 0.15) is 5.75 Å². The third-order valence-electron chi connectivity index (χ3n) is 3.06. The number of benzene rings is 2. The number of carbonyl (C=O) groups excluding carboxylic acids is 1. The minimum atomic E-state index is -0.448. The van der Waals surface area contributed by atoms with Gasteiger partial charge in [-0.3, -0.25) is 0 Å². The molecule has 0 fully saturated rings. The molecule has 0 aliphatic heterocycles. The molecule has 0 radical (unpaired) electrons. The Morgan fingerprint density at radius 2 is 1.76 bits per heavy atom. The van der Waals surface area contributed by atoms with Crippen LogP contribution in [0.5, 0.6) is 5.75 Å². The first kappa shape index (κ1) is 15.3. The van der Waals surface area contributed by atoms with Crippen molar-refractivity contribution >= 4 is 23.6 Å². The highest BCUT2D eigenvalue weighted by atomic mass is 35.5. The van der Waals surface area contributed by atoms with Gasteiger partial charge in [0.25, 0.3) is 0 Å². The summed E-state index contributed by atoms with van der Waals surface area (Å²) >= 11 is 5.93. The van der Waals surface area contributed by atoms with E-state index in [0.717, 1.165) is 5.56 Å². The van der Waals surface area contributed by atoms with Crippen molar-refractivity contribution in [2.75, 3.05) is 0 Å². The van der Waals surface area contributed by atoms with Crippen LogP contribution in [0.25, 0.3) is 6.08 Å². The average molecular weight is 301 g/mol. The van der Waals surface area contributed by atoms with Crippen LogP contribution < -0.4 is 4.74 Å². The lowest BCUT2D eigenvalue weighted by molar-refractivity contribution is -0.128. The summed E-state index contributed by atoms with van der Waals surface area (Å²) in [4.78, 5) is 11.7. The fraction of sp³-hybridized carbons (Fsp3) is 0.167. The van der Waals surface area contributed by atoms with Crippen LogP contribution in [-0.2, 0) is 4.79 Å².